The van der Waals surface area contributed by atoms with Crippen LogP contribution in [0.3, 0.4) is 0 Å². The Hall–Kier alpha value is -0.940. The zero-order valence-corrected chi connectivity index (χ0v) is 9.97. The number of rotatable bonds is 6. The molecule has 0 radical (unpaired) electrons. The van der Waals surface area contributed by atoms with Crippen LogP contribution >= 0.6 is 0 Å². The Kier molecular flexibility index (Phi) is 4.30. The summed E-state index contributed by atoms with van der Waals surface area (Å²) < 4.78 is 1.91. The Labute approximate surface area is 96.8 Å². The van der Waals surface area contributed by atoms with Gasteiger partial charge in [0.25, 0.3) is 0 Å². The lowest BCUT2D eigenvalue weighted by atomic mass is 10.2. The largest absolute Gasteiger partial charge is 0.315 e. The molecule has 0 aliphatic carbocycles. The molecular formula is C11H21N5. The molecule has 1 aromatic heterocycles. The molecule has 0 aromatic carbocycles. The third-order valence-electron chi connectivity index (χ3n) is 3.14. The second-order valence-electron chi connectivity index (χ2n) is 4.34. The van der Waals surface area contributed by atoms with Gasteiger partial charge < -0.3 is 5.32 Å². The van der Waals surface area contributed by atoms with E-state index in [0.29, 0.717) is 6.04 Å². The van der Waals surface area contributed by atoms with Crippen molar-refractivity contribution in [1.82, 2.24) is 25.0 Å². The smallest absolute Gasteiger partial charge is 0.137 e. The zero-order valence-electron chi connectivity index (χ0n) is 9.97. The van der Waals surface area contributed by atoms with Crippen LogP contribution < -0.4 is 5.32 Å². The Morgan fingerprint density at radius 1 is 1.50 bits per heavy atom. The monoisotopic (exact) mass is 223 g/mol. The van der Waals surface area contributed by atoms with Gasteiger partial charge in [-0.3, -0.25) is 9.58 Å². The normalized spacial score (nSPS) is 20.8. The molecule has 5 nitrogen and oxygen atoms in total. The predicted molar refractivity (Wildman–Crippen MR) is 63.2 cm³/mol. The van der Waals surface area contributed by atoms with Crippen LogP contribution in [-0.2, 0) is 6.54 Å². The maximum atomic E-state index is 4.14. The van der Waals surface area contributed by atoms with Gasteiger partial charge in [0.15, 0.2) is 0 Å². The molecule has 5 heteroatoms. The number of hydrogen-bond donors (Lipinski definition) is 1. The summed E-state index contributed by atoms with van der Waals surface area (Å²) in [4.78, 5) is 6.54. The van der Waals surface area contributed by atoms with Crippen molar-refractivity contribution in [1.29, 1.82) is 0 Å². The van der Waals surface area contributed by atoms with Gasteiger partial charge in [-0.1, -0.05) is 6.92 Å². The molecule has 1 unspecified atom stereocenters. The highest BCUT2D eigenvalue weighted by Gasteiger charge is 2.21. The standard InChI is InChI=1S/C11H21N5/c1-2-5-15(11-3-4-12-8-11)6-7-16-10-13-9-14-16/h9-12H,2-8H2,1H3. The predicted octanol–water partition coefficient (Wildman–Crippen LogP) is 0.352. The average molecular weight is 223 g/mol. The Morgan fingerprint density at radius 3 is 3.06 bits per heavy atom. The number of aromatic nitrogens is 3. The van der Waals surface area contributed by atoms with Gasteiger partial charge in [-0.25, -0.2) is 4.98 Å². The highest BCUT2D eigenvalue weighted by Crippen LogP contribution is 2.09. The molecule has 1 atom stereocenters. The molecule has 0 bridgehead atoms. The molecule has 0 saturated carbocycles. The van der Waals surface area contributed by atoms with Crippen LogP contribution in [0.1, 0.15) is 19.8 Å². The number of hydrogen-bond acceptors (Lipinski definition) is 4. The number of nitrogens with one attached hydrogen (secondary N) is 1. The van der Waals surface area contributed by atoms with Crippen molar-refractivity contribution >= 4 is 0 Å². The second-order valence-corrected chi connectivity index (χ2v) is 4.34. The summed E-state index contributed by atoms with van der Waals surface area (Å²) in [6.07, 6.45) is 5.88. The van der Waals surface area contributed by atoms with Crippen molar-refractivity contribution in [2.45, 2.75) is 32.4 Å². The molecule has 16 heavy (non-hydrogen) atoms. The van der Waals surface area contributed by atoms with Crippen LogP contribution in [0, 0.1) is 0 Å². The van der Waals surface area contributed by atoms with E-state index in [2.05, 4.69) is 27.2 Å². The molecular weight excluding hydrogens is 202 g/mol. The van der Waals surface area contributed by atoms with Gasteiger partial charge in [0, 0.05) is 19.1 Å². The van der Waals surface area contributed by atoms with Crippen molar-refractivity contribution in [2.24, 2.45) is 0 Å². The molecule has 0 spiro atoms. The van der Waals surface area contributed by atoms with Gasteiger partial charge in [0.05, 0.1) is 6.54 Å². The first-order valence-corrected chi connectivity index (χ1v) is 6.17. The molecule has 1 aliphatic rings. The van der Waals surface area contributed by atoms with Crippen LogP contribution in [0.4, 0.5) is 0 Å². The Morgan fingerprint density at radius 2 is 2.44 bits per heavy atom. The van der Waals surface area contributed by atoms with E-state index >= 15 is 0 Å². The van der Waals surface area contributed by atoms with Crippen molar-refractivity contribution in [3.05, 3.63) is 12.7 Å². The quantitative estimate of drug-likeness (QED) is 0.756. The van der Waals surface area contributed by atoms with Crippen LogP contribution in [0.15, 0.2) is 12.7 Å². The van der Waals surface area contributed by atoms with Crippen molar-refractivity contribution < 1.29 is 0 Å². The van der Waals surface area contributed by atoms with Crippen LogP contribution in [-0.4, -0.2) is 51.9 Å². The first-order chi connectivity index (χ1) is 7.90. The molecule has 2 rings (SSSR count). The maximum Gasteiger partial charge on any atom is 0.137 e. The minimum absolute atomic E-state index is 0.712. The van der Waals surface area contributed by atoms with E-state index in [0.717, 1.165) is 26.2 Å². The van der Waals surface area contributed by atoms with E-state index < -0.39 is 0 Å². The molecule has 1 aliphatic heterocycles. The van der Waals surface area contributed by atoms with Crippen LogP contribution in [0.5, 0.6) is 0 Å². The first kappa shape index (κ1) is 11.5. The van der Waals surface area contributed by atoms with Gasteiger partial charge in [0.1, 0.15) is 12.7 Å². The third-order valence-corrected chi connectivity index (χ3v) is 3.14. The Balaban J connectivity index is 1.82. The molecule has 1 fully saturated rings. The fourth-order valence-electron chi connectivity index (χ4n) is 2.29. The van der Waals surface area contributed by atoms with Crippen molar-refractivity contribution in [3.63, 3.8) is 0 Å². The highest BCUT2D eigenvalue weighted by atomic mass is 15.3. The molecule has 1 N–H and O–H groups in total. The van der Waals surface area contributed by atoms with Gasteiger partial charge in [0.2, 0.25) is 0 Å². The second kappa shape index (κ2) is 5.96. The summed E-state index contributed by atoms with van der Waals surface area (Å²) in [7, 11) is 0. The highest BCUT2D eigenvalue weighted by molar-refractivity contribution is 4.80. The van der Waals surface area contributed by atoms with Gasteiger partial charge in [-0.15, -0.1) is 0 Å². The van der Waals surface area contributed by atoms with E-state index in [9.17, 15) is 0 Å². The van der Waals surface area contributed by atoms with Gasteiger partial charge in [-0.2, -0.15) is 5.10 Å². The maximum absolute atomic E-state index is 4.14. The molecule has 2 heterocycles. The lowest BCUT2D eigenvalue weighted by molar-refractivity contribution is 0.198. The van der Waals surface area contributed by atoms with Crippen LogP contribution in [0.25, 0.3) is 0 Å². The summed E-state index contributed by atoms with van der Waals surface area (Å²) in [5.41, 5.74) is 0. The Bertz CT molecular complexity index is 279. The van der Waals surface area contributed by atoms with Crippen LogP contribution in [0.2, 0.25) is 0 Å². The summed E-state index contributed by atoms with van der Waals surface area (Å²) >= 11 is 0. The molecule has 1 saturated heterocycles. The molecule has 90 valence electrons. The van der Waals surface area contributed by atoms with E-state index in [4.69, 9.17) is 0 Å². The van der Waals surface area contributed by atoms with Gasteiger partial charge in [-0.05, 0) is 25.9 Å². The van der Waals surface area contributed by atoms with Crippen molar-refractivity contribution in [3.8, 4) is 0 Å². The van der Waals surface area contributed by atoms with Crippen molar-refractivity contribution in [2.75, 3.05) is 26.2 Å². The minimum atomic E-state index is 0.712. The number of nitrogens with zero attached hydrogens (tertiary/aromatic N) is 4. The van der Waals surface area contributed by atoms with E-state index in [1.54, 1.807) is 12.7 Å². The zero-order chi connectivity index (χ0) is 11.2. The summed E-state index contributed by atoms with van der Waals surface area (Å²) in [5.74, 6) is 0. The fourth-order valence-corrected chi connectivity index (χ4v) is 2.29. The first-order valence-electron chi connectivity index (χ1n) is 6.17. The minimum Gasteiger partial charge on any atom is -0.315 e. The SMILES string of the molecule is CCCN(CCn1cncn1)C1CCNC1. The molecule has 0 amide bonds. The average Bonchev–Trinajstić information content (AvgIpc) is 2.96. The topological polar surface area (TPSA) is 46.0 Å². The van der Waals surface area contributed by atoms with E-state index in [1.807, 2.05) is 4.68 Å². The van der Waals surface area contributed by atoms with E-state index in [1.165, 1.54) is 19.4 Å². The van der Waals surface area contributed by atoms with Gasteiger partial charge >= 0.3 is 0 Å². The summed E-state index contributed by atoms with van der Waals surface area (Å²) in [6.45, 7) is 7.73. The summed E-state index contributed by atoms with van der Waals surface area (Å²) in [6, 6.07) is 0.712. The third kappa shape index (κ3) is 3.02. The fraction of sp³-hybridized carbons (Fsp3) is 0.818. The van der Waals surface area contributed by atoms with E-state index in [-0.39, 0.29) is 0 Å². The lowest BCUT2D eigenvalue weighted by Crippen LogP contribution is -2.39. The molecule has 1 aromatic rings. The lowest BCUT2D eigenvalue weighted by Gasteiger charge is -2.27. The summed E-state index contributed by atoms with van der Waals surface area (Å²) in [5, 5.41) is 7.57.